The van der Waals surface area contributed by atoms with Crippen molar-refractivity contribution in [2.24, 2.45) is 0 Å². The van der Waals surface area contributed by atoms with E-state index in [2.05, 4.69) is 25.6 Å². The van der Waals surface area contributed by atoms with Gasteiger partial charge < -0.3 is 26.2 Å². The molecule has 0 aliphatic rings. The largest absolute Gasteiger partial charge is 0.490 e. The van der Waals surface area contributed by atoms with Gasteiger partial charge in [0.25, 0.3) is 5.91 Å². The van der Waals surface area contributed by atoms with Gasteiger partial charge in [-0.05, 0) is 30.3 Å². The van der Waals surface area contributed by atoms with Crippen LogP contribution in [0.4, 0.5) is 49.4 Å². The number of anilines is 4. The van der Waals surface area contributed by atoms with E-state index in [4.69, 9.17) is 20.4 Å². The van der Waals surface area contributed by atoms with Gasteiger partial charge in [0.1, 0.15) is 40.9 Å². The van der Waals surface area contributed by atoms with Crippen LogP contribution in [-0.4, -0.2) is 38.1 Å². The van der Waals surface area contributed by atoms with Crippen LogP contribution in [0.5, 0.6) is 11.5 Å². The number of nitrogens with two attached hydrogens (primary N) is 1. The number of halogens is 6. The lowest BCUT2D eigenvalue weighted by Gasteiger charge is -2.12. The monoisotopic (exact) mass is 566 g/mol. The normalized spacial score (nSPS) is 10.7. The molecule has 10 nitrogen and oxygen atoms in total. The molecular weight excluding hydrogens is 550 g/mol. The first-order chi connectivity index (χ1) is 18.8. The van der Waals surface area contributed by atoms with E-state index in [1.807, 2.05) is 0 Å². The van der Waals surface area contributed by atoms with Crippen LogP contribution in [0.2, 0.25) is 0 Å². The molecule has 0 atom stereocenters. The number of hydrogen-bond donors (Lipinski definition) is 4. The zero-order valence-electron chi connectivity index (χ0n) is 19.7. The summed E-state index contributed by atoms with van der Waals surface area (Å²) in [7, 11) is 0. The fraction of sp³-hybridized carbons (Fsp3) is 0.0417. The predicted molar refractivity (Wildman–Crippen MR) is 128 cm³/mol. The van der Waals surface area contributed by atoms with Crippen molar-refractivity contribution in [3.63, 3.8) is 0 Å². The molecule has 2 heterocycles. The number of alkyl halides is 3. The molecular formula is C24H16F6N6O4. The number of hydrogen-bond acceptors (Lipinski definition) is 8. The fourth-order valence-electron chi connectivity index (χ4n) is 2.79. The first kappa shape index (κ1) is 29.2. The number of nitrogens with one attached hydrogen (secondary N) is 2. The second kappa shape index (κ2) is 12.4. The summed E-state index contributed by atoms with van der Waals surface area (Å²) in [5.74, 6) is -5.40. The number of aliphatic carboxylic acids is 1. The number of amides is 1. The van der Waals surface area contributed by atoms with Crippen LogP contribution < -0.4 is 21.1 Å². The minimum Gasteiger partial charge on any atom is -0.475 e. The van der Waals surface area contributed by atoms with Crippen molar-refractivity contribution in [3.8, 4) is 11.5 Å². The number of nitrogens with zero attached hydrogens (tertiary/aromatic N) is 3. The molecule has 40 heavy (non-hydrogen) atoms. The number of rotatable bonds is 6. The highest BCUT2D eigenvalue weighted by molar-refractivity contribution is 6.07. The van der Waals surface area contributed by atoms with Crippen molar-refractivity contribution in [2.45, 2.75) is 6.18 Å². The van der Waals surface area contributed by atoms with E-state index in [1.54, 1.807) is 0 Å². The van der Waals surface area contributed by atoms with Gasteiger partial charge >= 0.3 is 12.1 Å². The number of carbonyl (C=O) groups excluding carboxylic acids is 1. The number of pyridine rings is 1. The maximum Gasteiger partial charge on any atom is 0.490 e. The summed E-state index contributed by atoms with van der Waals surface area (Å²) in [6, 6.07) is 9.73. The number of carbonyl (C=O) groups is 2. The molecule has 2 aromatic carbocycles. The fourth-order valence-corrected chi connectivity index (χ4v) is 2.79. The van der Waals surface area contributed by atoms with Crippen molar-refractivity contribution in [2.75, 3.05) is 16.4 Å². The molecule has 4 rings (SSSR count). The number of nitrogen functional groups attached to an aromatic ring is 1. The summed E-state index contributed by atoms with van der Waals surface area (Å²) in [5.41, 5.74) is 5.58. The Labute approximate surface area is 220 Å². The lowest BCUT2D eigenvalue weighted by molar-refractivity contribution is -0.192. The predicted octanol–water partition coefficient (Wildman–Crippen LogP) is 5.29. The summed E-state index contributed by atoms with van der Waals surface area (Å²) < 4.78 is 78.7. The third-order valence-corrected chi connectivity index (χ3v) is 4.55. The molecule has 1 amide bonds. The van der Waals surface area contributed by atoms with Crippen molar-refractivity contribution >= 4 is 34.9 Å². The van der Waals surface area contributed by atoms with E-state index in [9.17, 15) is 31.1 Å². The molecule has 2 aromatic heterocycles. The Balaban J connectivity index is 0.000000559. The van der Waals surface area contributed by atoms with E-state index in [0.717, 1.165) is 18.2 Å². The van der Waals surface area contributed by atoms with Crippen LogP contribution >= 0.6 is 0 Å². The van der Waals surface area contributed by atoms with E-state index >= 15 is 0 Å². The molecule has 4 aromatic rings. The number of aromatic nitrogens is 3. The maximum atomic E-state index is 14.6. The summed E-state index contributed by atoms with van der Waals surface area (Å²) >= 11 is 0. The van der Waals surface area contributed by atoms with Crippen molar-refractivity contribution in [1.29, 1.82) is 0 Å². The summed E-state index contributed by atoms with van der Waals surface area (Å²) in [6.45, 7) is 0. The van der Waals surface area contributed by atoms with E-state index in [-0.39, 0.29) is 34.3 Å². The van der Waals surface area contributed by atoms with Gasteiger partial charge in [0.05, 0.1) is 5.69 Å². The molecule has 0 bridgehead atoms. The van der Waals surface area contributed by atoms with Crippen molar-refractivity contribution in [3.05, 3.63) is 90.3 Å². The lowest BCUT2D eigenvalue weighted by atomic mass is 10.2. The molecule has 0 saturated carbocycles. The molecule has 0 aliphatic carbocycles. The Morgan fingerprint density at radius 3 is 2.30 bits per heavy atom. The molecule has 208 valence electrons. The van der Waals surface area contributed by atoms with Crippen LogP contribution in [0.15, 0.2) is 67.3 Å². The quantitative estimate of drug-likeness (QED) is 0.228. The van der Waals surface area contributed by atoms with Crippen LogP contribution in [0.3, 0.4) is 0 Å². The Bertz CT molecular complexity index is 1540. The highest BCUT2D eigenvalue weighted by atomic mass is 19.4. The topological polar surface area (TPSA) is 152 Å². The lowest BCUT2D eigenvalue weighted by Crippen LogP contribution is -2.21. The number of carboxylic acid groups (broad SMARTS) is 1. The zero-order chi connectivity index (χ0) is 29.4. The molecule has 0 spiro atoms. The van der Waals surface area contributed by atoms with Gasteiger partial charge in [0.2, 0.25) is 0 Å². The molecule has 0 saturated heterocycles. The Kier molecular flexibility index (Phi) is 9.05. The highest BCUT2D eigenvalue weighted by Gasteiger charge is 2.38. The van der Waals surface area contributed by atoms with Gasteiger partial charge in [-0.1, -0.05) is 0 Å². The Hall–Kier alpha value is -5.41. The van der Waals surface area contributed by atoms with Crippen molar-refractivity contribution < 1.29 is 45.8 Å². The minimum atomic E-state index is -5.08. The van der Waals surface area contributed by atoms with E-state index < -0.39 is 35.5 Å². The Morgan fingerprint density at radius 2 is 1.68 bits per heavy atom. The second-order valence-electron chi connectivity index (χ2n) is 7.45. The number of carboxylic acids is 1. The molecule has 16 heteroatoms. The maximum absolute atomic E-state index is 14.6. The van der Waals surface area contributed by atoms with Gasteiger partial charge in [-0.25, -0.2) is 32.9 Å². The van der Waals surface area contributed by atoms with Gasteiger partial charge in [-0.2, -0.15) is 13.2 Å². The molecule has 0 aliphatic heterocycles. The summed E-state index contributed by atoms with van der Waals surface area (Å²) in [5, 5.41) is 12.3. The summed E-state index contributed by atoms with van der Waals surface area (Å²) in [6.07, 6.45) is -1.27. The van der Waals surface area contributed by atoms with E-state index in [0.29, 0.717) is 11.8 Å². The molecule has 0 radical (unpaired) electrons. The molecule has 0 unspecified atom stereocenters. The van der Waals surface area contributed by atoms with E-state index in [1.165, 1.54) is 43.0 Å². The Morgan fingerprint density at radius 1 is 0.950 bits per heavy atom. The molecule has 0 fully saturated rings. The first-order valence-electron chi connectivity index (χ1n) is 10.7. The third-order valence-electron chi connectivity index (χ3n) is 4.55. The van der Waals surface area contributed by atoms with Gasteiger partial charge in [-0.15, -0.1) is 0 Å². The zero-order valence-corrected chi connectivity index (χ0v) is 19.7. The average molecular weight is 566 g/mol. The average Bonchev–Trinajstić information content (AvgIpc) is 2.87. The third kappa shape index (κ3) is 8.04. The van der Waals surface area contributed by atoms with Gasteiger partial charge in [0.15, 0.2) is 11.6 Å². The van der Waals surface area contributed by atoms with Crippen molar-refractivity contribution in [1.82, 2.24) is 15.0 Å². The summed E-state index contributed by atoms with van der Waals surface area (Å²) in [4.78, 5) is 33.1. The van der Waals surface area contributed by atoms with Crippen LogP contribution in [-0.2, 0) is 4.79 Å². The highest BCUT2D eigenvalue weighted by Crippen LogP contribution is 2.29. The number of benzene rings is 2. The minimum absolute atomic E-state index is 0.0417. The molecule has 5 N–H and O–H groups in total. The van der Waals surface area contributed by atoms with Gasteiger partial charge in [0, 0.05) is 36.3 Å². The van der Waals surface area contributed by atoms with Gasteiger partial charge in [-0.3, -0.25) is 4.79 Å². The first-order valence-corrected chi connectivity index (χ1v) is 10.7. The van der Waals surface area contributed by atoms with Crippen LogP contribution in [0, 0.1) is 17.5 Å². The standard InChI is InChI=1S/C22H15F3N6O2.C2HF3O2/c23-12-1-3-18(16(24)7-12)31-22(32)15-10-27-11-29-21(15)30-13-2-4-19(17(25)8-13)33-14-5-6-28-20(26)9-14;3-2(4,5)1(6)7/h1-11H,(H2,26,28)(H,31,32)(H,27,29,30);(H,6,7). The smallest absolute Gasteiger partial charge is 0.475 e. The SMILES string of the molecule is Nc1cc(Oc2ccc(Nc3ncncc3C(=O)Nc3ccc(F)cc3F)cc2F)ccn1.O=C(O)C(F)(F)F. The van der Waals surface area contributed by atoms with Crippen LogP contribution in [0.25, 0.3) is 0 Å². The van der Waals surface area contributed by atoms with Crippen LogP contribution in [0.1, 0.15) is 10.4 Å². The number of ether oxygens (including phenoxy) is 1. The second-order valence-corrected chi connectivity index (χ2v) is 7.45.